The van der Waals surface area contributed by atoms with Gasteiger partial charge in [-0.05, 0) is 78.4 Å². The quantitative estimate of drug-likeness (QED) is 0.105. The van der Waals surface area contributed by atoms with E-state index in [0.717, 1.165) is 43.6 Å². The topological polar surface area (TPSA) is 126 Å². The highest BCUT2D eigenvalue weighted by molar-refractivity contribution is 6.35. The van der Waals surface area contributed by atoms with E-state index in [9.17, 15) is 14.4 Å². The number of hydrogen-bond donors (Lipinski definition) is 1. The second-order valence-corrected chi connectivity index (χ2v) is 13.8. The summed E-state index contributed by atoms with van der Waals surface area (Å²) >= 11 is 12.8. The summed E-state index contributed by atoms with van der Waals surface area (Å²) in [7, 11) is 3.02. The van der Waals surface area contributed by atoms with Crippen molar-refractivity contribution in [2.45, 2.75) is 44.1 Å². The molecule has 3 atom stereocenters. The highest BCUT2D eigenvalue weighted by atomic mass is 35.5. The normalized spacial score (nSPS) is 18.8. The van der Waals surface area contributed by atoms with Gasteiger partial charge in [0.15, 0.2) is 18.1 Å². The molecule has 0 radical (unpaired) electrons. The molecule has 1 aromatic heterocycles. The number of nitrogens with one attached hydrogen (secondary N) is 1. The number of hydrogen-bond acceptors (Lipinski definition) is 11. The van der Waals surface area contributed by atoms with Crippen molar-refractivity contribution in [3.8, 4) is 11.5 Å². The van der Waals surface area contributed by atoms with Crippen LogP contribution in [-0.2, 0) is 36.8 Å². The molecular weight excluding hydrogens is 721 g/mol. The Morgan fingerprint density at radius 3 is 2.30 bits per heavy atom. The molecule has 4 aromatic rings. The van der Waals surface area contributed by atoms with Gasteiger partial charge in [0.05, 0.1) is 29.8 Å². The molecule has 4 heterocycles. The number of ether oxygens (including phenoxy) is 5. The number of halogens is 2. The second kappa shape index (κ2) is 17.9. The molecule has 7 rings (SSSR count). The first kappa shape index (κ1) is 38.1. The van der Waals surface area contributed by atoms with E-state index in [-0.39, 0.29) is 30.6 Å². The van der Waals surface area contributed by atoms with Crippen molar-refractivity contribution in [1.29, 1.82) is 0 Å². The Labute approximate surface area is 318 Å². The van der Waals surface area contributed by atoms with Gasteiger partial charge in [-0.2, -0.15) is 0 Å². The zero-order chi connectivity index (χ0) is 37.3. The number of aromatic nitrogens is 1. The van der Waals surface area contributed by atoms with Gasteiger partial charge in [0.1, 0.15) is 18.2 Å². The van der Waals surface area contributed by atoms with Crippen LogP contribution in [0.3, 0.4) is 0 Å². The van der Waals surface area contributed by atoms with E-state index in [1.807, 2.05) is 36.4 Å². The summed E-state index contributed by atoms with van der Waals surface area (Å²) in [5, 5.41) is 3.94. The van der Waals surface area contributed by atoms with Gasteiger partial charge < -0.3 is 23.7 Å². The molecule has 13 heteroatoms. The lowest BCUT2D eigenvalue weighted by molar-refractivity contribution is -0.161. The van der Waals surface area contributed by atoms with Crippen LogP contribution < -0.4 is 14.8 Å². The molecule has 53 heavy (non-hydrogen) atoms. The SMILES string of the molecule is COc1ccc(C(Cc2c(Cl)cncc2Cl)OC(=O)COC(=O)c2cccc(CNC(C(=O)O[C@H]3CN4CCC3CC4)c3ccccc3)c2)cc1OC. The van der Waals surface area contributed by atoms with E-state index in [0.29, 0.717) is 38.6 Å². The molecule has 1 N–H and O–H groups in total. The molecular formula is C40H41Cl2N3O8. The number of piperidine rings is 3. The molecule has 2 unspecified atom stereocenters. The molecule has 3 fully saturated rings. The summed E-state index contributed by atoms with van der Waals surface area (Å²) in [6.07, 6.45) is 4.10. The lowest BCUT2D eigenvalue weighted by atomic mass is 9.86. The van der Waals surface area contributed by atoms with Crippen molar-refractivity contribution >= 4 is 41.1 Å². The van der Waals surface area contributed by atoms with Crippen molar-refractivity contribution in [2.24, 2.45) is 5.92 Å². The zero-order valence-corrected chi connectivity index (χ0v) is 31.0. The lowest BCUT2D eigenvalue weighted by Gasteiger charge is -2.44. The van der Waals surface area contributed by atoms with Crippen LogP contribution in [0.15, 0.2) is 85.2 Å². The molecule has 0 spiro atoms. The molecule has 3 aliphatic heterocycles. The summed E-state index contributed by atoms with van der Waals surface area (Å²) in [5.74, 6) is -0.523. The highest BCUT2D eigenvalue weighted by Crippen LogP contribution is 2.35. The Bertz CT molecular complexity index is 1880. The van der Waals surface area contributed by atoms with E-state index < -0.39 is 30.7 Å². The summed E-state index contributed by atoms with van der Waals surface area (Å²) < 4.78 is 28.1. The monoisotopic (exact) mass is 761 g/mol. The maximum Gasteiger partial charge on any atom is 0.344 e. The van der Waals surface area contributed by atoms with Crippen LogP contribution in [0.2, 0.25) is 10.0 Å². The van der Waals surface area contributed by atoms with Crippen LogP contribution in [0.1, 0.15) is 57.6 Å². The Kier molecular flexibility index (Phi) is 12.9. The fourth-order valence-electron chi connectivity index (χ4n) is 6.77. The van der Waals surface area contributed by atoms with E-state index in [4.69, 9.17) is 46.9 Å². The number of carbonyl (C=O) groups excluding carboxylic acids is 3. The van der Waals surface area contributed by atoms with Crippen LogP contribution in [0.5, 0.6) is 11.5 Å². The van der Waals surface area contributed by atoms with Crippen molar-refractivity contribution in [3.63, 3.8) is 0 Å². The minimum absolute atomic E-state index is 0.113. The van der Waals surface area contributed by atoms with Crippen LogP contribution in [0, 0.1) is 5.92 Å². The molecule has 0 saturated carbocycles. The Morgan fingerprint density at radius 1 is 0.887 bits per heavy atom. The van der Waals surface area contributed by atoms with E-state index in [2.05, 4.69) is 15.2 Å². The van der Waals surface area contributed by atoms with Gasteiger partial charge in [-0.3, -0.25) is 15.2 Å². The van der Waals surface area contributed by atoms with Crippen LogP contribution in [0.4, 0.5) is 0 Å². The lowest BCUT2D eigenvalue weighted by Crippen LogP contribution is -2.52. The van der Waals surface area contributed by atoms with E-state index in [1.165, 1.54) is 26.6 Å². The number of esters is 3. The van der Waals surface area contributed by atoms with Crippen molar-refractivity contribution in [2.75, 3.05) is 40.5 Å². The highest BCUT2D eigenvalue weighted by Gasteiger charge is 2.38. The third kappa shape index (κ3) is 9.66. The fraction of sp³-hybridized carbons (Fsp3) is 0.350. The van der Waals surface area contributed by atoms with Crippen LogP contribution >= 0.6 is 23.2 Å². The maximum absolute atomic E-state index is 13.5. The zero-order valence-electron chi connectivity index (χ0n) is 29.5. The first-order valence-electron chi connectivity index (χ1n) is 17.4. The number of nitrogens with zero attached hydrogens (tertiary/aromatic N) is 2. The van der Waals surface area contributed by atoms with Gasteiger partial charge in [-0.15, -0.1) is 0 Å². The van der Waals surface area contributed by atoms with Gasteiger partial charge in [-0.1, -0.05) is 71.7 Å². The number of methoxy groups -OCH3 is 2. The predicted octanol–water partition coefficient (Wildman–Crippen LogP) is 6.56. The largest absolute Gasteiger partial charge is 0.493 e. The van der Waals surface area contributed by atoms with Gasteiger partial charge >= 0.3 is 17.9 Å². The summed E-state index contributed by atoms with van der Waals surface area (Å²) in [6.45, 7) is 2.49. The summed E-state index contributed by atoms with van der Waals surface area (Å²) in [6, 6.07) is 20.6. The molecule has 2 bridgehead atoms. The van der Waals surface area contributed by atoms with Gasteiger partial charge in [0, 0.05) is 31.9 Å². The van der Waals surface area contributed by atoms with Crippen molar-refractivity contribution < 1.29 is 38.1 Å². The number of fused-ring (bicyclic) bond motifs is 3. The van der Waals surface area contributed by atoms with E-state index in [1.54, 1.807) is 36.4 Å². The van der Waals surface area contributed by atoms with Crippen LogP contribution in [-0.4, -0.2) is 74.4 Å². The maximum atomic E-state index is 13.5. The average Bonchev–Trinajstić information content (AvgIpc) is 3.18. The standard InChI is InChI=1S/C40H41Cl2N3O8/c1-49-33-12-11-28(18-35(33)50-2)34(19-30-31(41)21-43-22-32(30)42)52-37(46)24-51-39(47)29-10-6-7-25(17-29)20-44-38(27-8-4-3-5-9-27)40(48)53-36-23-45-15-13-26(36)14-16-45/h3-12,17-18,21-22,26,34,36,38,44H,13-16,19-20,23-24H2,1-2H3/t34?,36-,38?/m0/s1. The first-order valence-corrected chi connectivity index (χ1v) is 18.1. The molecule has 3 saturated heterocycles. The molecule has 278 valence electrons. The Balaban J connectivity index is 1.09. The third-order valence-corrected chi connectivity index (χ3v) is 10.3. The number of rotatable bonds is 15. The molecule has 3 aromatic carbocycles. The smallest absolute Gasteiger partial charge is 0.344 e. The Morgan fingerprint density at radius 2 is 1.62 bits per heavy atom. The number of carbonyl (C=O) groups is 3. The molecule has 3 aliphatic rings. The van der Waals surface area contributed by atoms with Gasteiger partial charge in [-0.25, -0.2) is 14.4 Å². The number of benzene rings is 3. The minimum atomic E-state index is -0.872. The van der Waals surface area contributed by atoms with Gasteiger partial charge in [0.2, 0.25) is 0 Å². The predicted molar refractivity (Wildman–Crippen MR) is 198 cm³/mol. The average molecular weight is 763 g/mol. The van der Waals surface area contributed by atoms with Crippen LogP contribution in [0.25, 0.3) is 0 Å². The molecule has 11 nitrogen and oxygen atoms in total. The van der Waals surface area contributed by atoms with E-state index >= 15 is 0 Å². The van der Waals surface area contributed by atoms with Gasteiger partial charge in [0.25, 0.3) is 0 Å². The van der Waals surface area contributed by atoms with Crippen molar-refractivity contribution in [1.82, 2.24) is 15.2 Å². The minimum Gasteiger partial charge on any atom is -0.493 e. The number of pyridine rings is 1. The Hall–Kier alpha value is -4.68. The first-order chi connectivity index (χ1) is 25.7. The molecule has 0 aliphatic carbocycles. The third-order valence-electron chi connectivity index (χ3n) is 9.62. The fourth-order valence-corrected chi connectivity index (χ4v) is 7.29. The molecule has 0 amide bonds. The summed E-state index contributed by atoms with van der Waals surface area (Å²) in [5.41, 5.74) is 2.86. The second-order valence-electron chi connectivity index (χ2n) is 13.0. The van der Waals surface area contributed by atoms with Crippen molar-refractivity contribution in [3.05, 3.63) is 123 Å². The summed E-state index contributed by atoms with van der Waals surface area (Å²) in [4.78, 5) is 46.2.